The van der Waals surface area contributed by atoms with Crippen LogP contribution in [-0.2, 0) is 4.79 Å². The first-order valence-corrected chi connectivity index (χ1v) is 6.78. The predicted molar refractivity (Wildman–Crippen MR) is 71.3 cm³/mol. The molecule has 1 aromatic carbocycles. The summed E-state index contributed by atoms with van der Waals surface area (Å²) >= 11 is 1.40. The monoisotopic (exact) mass is 265 g/mol. The van der Waals surface area contributed by atoms with Gasteiger partial charge in [0.05, 0.1) is 17.0 Å². The molecule has 0 radical (unpaired) electrons. The Labute approximate surface area is 110 Å². The molecular formula is C13H15NO3S. The highest BCUT2D eigenvalue weighted by atomic mass is 32.2. The van der Waals surface area contributed by atoms with Crippen molar-refractivity contribution in [3.05, 3.63) is 23.8 Å². The summed E-state index contributed by atoms with van der Waals surface area (Å²) in [5, 5.41) is 8.96. The molecule has 1 N–H and O–H groups in total. The van der Waals surface area contributed by atoms with Crippen molar-refractivity contribution in [3.63, 3.8) is 0 Å². The van der Waals surface area contributed by atoms with Crippen LogP contribution in [0.3, 0.4) is 0 Å². The Kier molecular flexibility index (Phi) is 3.61. The molecule has 0 unspecified atom stereocenters. The normalized spacial score (nSPS) is 14.8. The summed E-state index contributed by atoms with van der Waals surface area (Å²) in [6.07, 6.45) is 0. The van der Waals surface area contributed by atoms with Gasteiger partial charge in [0.15, 0.2) is 0 Å². The second-order valence-electron chi connectivity index (χ2n) is 4.67. The van der Waals surface area contributed by atoms with Crippen LogP contribution in [0.1, 0.15) is 24.2 Å². The molecule has 0 fully saturated rings. The molecule has 18 heavy (non-hydrogen) atoms. The lowest BCUT2D eigenvalue weighted by Gasteiger charge is -2.30. The van der Waals surface area contributed by atoms with Gasteiger partial charge in [-0.05, 0) is 24.1 Å². The first kappa shape index (κ1) is 13.0. The van der Waals surface area contributed by atoms with E-state index in [0.29, 0.717) is 18.2 Å². The molecule has 0 aliphatic carbocycles. The average molecular weight is 265 g/mol. The Balaban J connectivity index is 2.38. The van der Waals surface area contributed by atoms with Crippen LogP contribution in [0, 0.1) is 5.92 Å². The summed E-state index contributed by atoms with van der Waals surface area (Å²) in [6, 6.07) is 4.92. The van der Waals surface area contributed by atoms with E-state index >= 15 is 0 Å². The number of carboxylic acid groups (broad SMARTS) is 1. The fourth-order valence-corrected chi connectivity index (χ4v) is 2.87. The number of fused-ring (bicyclic) bond motifs is 1. The van der Waals surface area contributed by atoms with Crippen molar-refractivity contribution in [3.8, 4) is 0 Å². The minimum Gasteiger partial charge on any atom is -0.478 e. The topological polar surface area (TPSA) is 57.6 Å². The summed E-state index contributed by atoms with van der Waals surface area (Å²) in [6.45, 7) is 4.78. The molecule has 0 saturated heterocycles. The van der Waals surface area contributed by atoms with Gasteiger partial charge >= 0.3 is 5.97 Å². The van der Waals surface area contributed by atoms with E-state index in [0.717, 1.165) is 10.6 Å². The van der Waals surface area contributed by atoms with Crippen LogP contribution in [0.4, 0.5) is 5.69 Å². The smallest absolute Gasteiger partial charge is 0.335 e. The highest BCUT2D eigenvalue weighted by Gasteiger charge is 2.25. The number of anilines is 1. The molecule has 5 heteroatoms. The zero-order chi connectivity index (χ0) is 13.3. The number of thioether (sulfide) groups is 1. The number of amides is 1. The van der Waals surface area contributed by atoms with Crippen molar-refractivity contribution >= 4 is 29.3 Å². The third-order valence-corrected chi connectivity index (χ3v) is 3.73. The molecule has 0 saturated carbocycles. The third kappa shape index (κ3) is 2.51. The Bertz CT molecular complexity index is 499. The van der Waals surface area contributed by atoms with Crippen molar-refractivity contribution in [1.82, 2.24) is 0 Å². The van der Waals surface area contributed by atoms with E-state index in [2.05, 4.69) is 13.8 Å². The van der Waals surface area contributed by atoms with Gasteiger partial charge in [-0.1, -0.05) is 13.8 Å². The van der Waals surface area contributed by atoms with E-state index < -0.39 is 5.97 Å². The molecule has 4 nitrogen and oxygen atoms in total. The van der Waals surface area contributed by atoms with Crippen molar-refractivity contribution in [2.24, 2.45) is 5.92 Å². The second kappa shape index (κ2) is 5.02. The summed E-state index contributed by atoms with van der Waals surface area (Å²) in [4.78, 5) is 25.4. The molecule has 0 atom stereocenters. The molecule has 2 rings (SSSR count). The molecule has 1 aliphatic rings. The Morgan fingerprint density at radius 3 is 2.83 bits per heavy atom. The largest absolute Gasteiger partial charge is 0.478 e. The molecule has 1 amide bonds. The lowest BCUT2D eigenvalue weighted by atomic mass is 10.1. The number of hydrogen-bond donors (Lipinski definition) is 1. The van der Waals surface area contributed by atoms with Gasteiger partial charge < -0.3 is 10.0 Å². The molecular weight excluding hydrogens is 250 g/mol. The molecule has 0 spiro atoms. The number of carbonyl (C=O) groups excluding carboxylic acids is 1. The van der Waals surface area contributed by atoms with E-state index in [1.54, 1.807) is 23.1 Å². The van der Waals surface area contributed by atoms with E-state index in [9.17, 15) is 9.59 Å². The van der Waals surface area contributed by atoms with Crippen molar-refractivity contribution in [1.29, 1.82) is 0 Å². The molecule has 0 bridgehead atoms. The van der Waals surface area contributed by atoms with E-state index in [1.807, 2.05) is 0 Å². The van der Waals surface area contributed by atoms with Crippen LogP contribution in [0.5, 0.6) is 0 Å². The molecule has 1 aromatic rings. The number of carboxylic acids is 1. The van der Waals surface area contributed by atoms with Gasteiger partial charge in [-0.15, -0.1) is 11.8 Å². The van der Waals surface area contributed by atoms with Gasteiger partial charge in [0.2, 0.25) is 5.91 Å². The number of rotatable bonds is 3. The Morgan fingerprint density at radius 2 is 2.22 bits per heavy atom. The van der Waals surface area contributed by atoms with Gasteiger partial charge in [0, 0.05) is 11.4 Å². The van der Waals surface area contributed by atoms with Gasteiger partial charge in [-0.25, -0.2) is 4.79 Å². The number of benzene rings is 1. The lowest BCUT2D eigenvalue weighted by molar-refractivity contribution is -0.116. The van der Waals surface area contributed by atoms with Crippen LogP contribution in [0.25, 0.3) is 0 Å². The Morgan fingerprint density at radius 1 is 1.50 bits per heavy atom. The van der Waals surface area contributed by atoms with Crippen LogP contribution < -0.4 is 4.90 Å². The van der Waals surface area contributed by atoms with E-state index in [4.69, 9.17) is 5.11 Å². The summed E-state index contributed by atoms with van der Waals surface area (Å²) in [7, 11) is 0. The van der Waals surface area contributed by atoms with Gasteiger partial charge in [-0.2, -0.15) is 0 Å². The molecule has 96 valence electrons. The lowest BCUT2D eigenvalue weighted by Crippen LogP contribution is -2.38. The van der Waals surface area contributed by atoms with Crippen molar-refractivity contribution in [2.45, 2.75) is 18.7 Å². The molecule has 1 aliphatic heterocycles. The van der Waals surface area contributed by atoms with Crippen LogP contribution in [-0.4, -0.2) is 29.3 Å². The fourth-order valence-electron chi connectivity index (χ4n) is 1.90. The second-order valence-corrected chi connectivity index (χ2v) is 5.69. The summed E-state index contributed by atoms with van der Waals surface area (Å²) in [5.74, 6) is -0.0953. The minimum atomic E-state index is -0.939. The number of carbonyl (C=O) groups is 2. The maximum Gasteiger partial charge on any atom is 0.335 e. The highest BCUT2D eigenvalue weighted by Crippen LogP contribution is 2.36. The van der Waals surface area contributed by atoms with Crippen LogP contribution in [0.15, 0.2) is 23.1 Å². The first-order chi connectivity index (χ1) is 8.49. The number of nitrogens with zero attached hydrogens (tertiary/aromatic N) is 1. The van der Waals surface area contributed by atoms with E-state index in [1.165, 1.54) is 11.8 Å². The predicted octanol–water partition coefficient (Wildman–Crippen LogP) is 2.48. The minimum absolute atomic E-state index is 0.0873. The number of hydrogen-bond acceptors (Lipinski definition) is 3. The zero-order valence-electron chi connectivity index (χ0n) is 10.3. The van der Waals surface area contributed by atoms with Gasteiger partial charge in [-0.3, -0.25) is 4.79 Å². The van der Waals surface area contributed by atoms with E-state index in [-0.39, 0.29) is 11.5 Å². The van der Waals surface area contributed by atoms with Crippen LogP contribution >= 0.6 is 11.8 Å². The van der Waals surface area contributed by atoms with Crippen molar-refractivity contribution in [2.75, 3.05) is 17.2 Å². The maximum atomic E-state index is 11.9. The van der Waals surface area contributed by atoms with Gasteiger partial charge in [0.25, 0.3) is 0 Å². The third-order valence-electron chi connectivity index (χ3n) is 2.70. The Hall–Kier alpha value is -1.49. The number of aromatic carboxylic acids is 1. The van der Waals surface area contributed by atoms with Gasteiger partial charge in [0.1, 0.15) is 0 Å². The first-order valence-electron chi connectivity index (χ1n) is 5.79. The van der Waals surface area contributed by atoms with Crippen LogP contribution in [0.2, 0.25) is 0 Å². The quantitative estimate of drug-likeness (QED) is 0.912. The standard InChI is InChI=1S/C13H15NO3S/c1-8(2)6-14-10-4-3-9(13(16)17)5-11(10)18-7-12(14)15/h3-5,8H,6-7H2,1-2H3,(H,16,17). The maximum absolute atomic E-state index is 11.9. The fraction of sp³-hybridized carbons (Fsp3) is 0.385. The SMILES string of the molecule is CC(C)CN1C(=O)CSc2cc(C(=O)O)ccc21. The summed E-state index contributed by atoms with van der Waals surface area (Å²) < 4.78 is 0. The highest BCUT2D eigenvalue weighted by molar-refractivity contribution is 8.00. The molecule has 0 aromatic heterocycles. The van der Waals surface area contributed by atoms with Crippen molar-refractivity contribution < 1.29 is 14.7 Å². The molecule has 1 heterocycles. The average Bonchev–Trinajstić information content (AvgIpc) is 2.31. The zero-order valence-corrected chi connectivity index (χ0v) is 11.2. The summed E-state index contributed by atoms with van der Waals surface area (Å²) in [5.41, 5.74) is 1.09.